The van der Waals surface area contributed by atoms with Crippen LogP contribution in [0.3, 0.4) is 0 Å². The third-order valence-electron chi connectivity index (χ3n) is 1.40. The molecule has 0 saturated carbocycles. The van der Waals surface area contributed by atoms with Crippen molar-refractivity contribution in [1.29, 1.82) is 0 Å². The van der Waals surface area contributed by atoms with Gasteiger partial charge in [-0.3, -0.25) is 0 Å². The molecule has 0 aliphatic heterocycles. The minimum atomic E-state index is -1.61. The Labute approximate surface area is 74.1 Å². The molecule has 0 aromatic carbocycles. The van der Waals surface area contributed by atoms with Crippen LogP contribution in [-0.4, -0.2) is 11.4 Å². The Morgan fingerprint density at radius 1 is 1.50 bits per heavy atom. The van der Waals surface area contributed by atoms with Gasteiger partial charge in [0.25, 0.3) is 0 Å². The molecule has 1 aliphatic rings. The average Bonchev–Trinajstić information content (AvgIpc) is 2.05. The van der Waals surface area contributed by atoms with Crippen molar-refractivity contribution in [2.24, 2.45) is 0 Å². The predicted octanol–water partition coefficient (Wildman–Crippen LogP) is 1.77. The molecule has 0 aromatic heterocycles. The molecule has 0 saturated heterocycles. The van der Waals surface area contributed by atoms with Crippen LogP contribution in [0.25, 0.3) is 0 Å². The first-order valence-electron chi connectivity index (χ1n) is 4.03. The fraction of sp³-hybridized carbons (Fsp3) is 0.444. The highest BCUT2D eigenvalue weighted by atomic mass is 31.1. The van der Waals surface area contributed by atoms with Crippen LogP contribution in [-0.2, 0) is 4.52 Å². The average molecular weight is 184 g/mol. The Balaban J connectivity index is 2.63. The SMILES string of the molecule is CC(C)O/[P+]([O-])=C1\C=CC=CC1. The van der Waals surface area contributed by atoms with Crippen molar-refractivity contribution in [3.05, 3.63) is 24.3 Å². The smallest absolute Gasteiger partial charge is 0.225 e. The van der Waals surface area contributed by atoms with Gasteiger partial charge >= 0.3 is 0 Å². The van der Waals surface area contributed by atoms with E-state index < -0.39 is 8.00 Å². The fourth-order valence-electron chi connectivity index (χ4n) is 0.897. The van der Waals surface area contributed by atoms with Crippen molar-refractivity contribution in [3.8, 4) is 0 Å². The topological polar surface area (TPSA) is 32.3 Å². The molecule has 1 rings (SSSR count). The van der Waals surface area contributed by atoms with Crippen molar-refractivity contribution >= 4 is 13.3 Å². The van der Waals surface area contributed by atoms with Gasteiger partial charge in [-0.1, -0.05) is 18.2 Å². The van der Waals surface area contributed by atoms with Gasteiger partial charge in [0, 0.05) is 6.42 Å². The lowest BCUT2D eigenvalue weighted by molar-refractivity contribution is -0.174. The molecular weight excluding hydrogens is 171 g/mol. The molecule has 0 aromatic rings. The van der Waals surface area contributed by atoms with Gasteiger partial charge in [0.05, 0.1) is 0 Å². The third-order valence-corrected chi connectivity index (χ3v) is 2.82. The highest BCUT2D eigenvalue weighted by Crippen LogP contribution is 2.22. The normalized spacial score (nSPS) is 20.3. The van der Waals surface area contributed by atoms with Crippen LogP contribution in [0.1, 0.15) is 20.3 Å². The van der Waals surface area contributed by atoms with E-state index in [0.717, 1.165) is 11.7 Å². The summed E-state index contributed by atoms with van der Waals surface area (Å²) >= 11 is 0. The minimum Gasteiger partial charge on any atom is -0.603 e. The Morgan fingerprint density at radius 2 is 2.25 bits per heavy atom. The molecule has 0 spiro atoms. The van der Waals surface area contributed by atoms with Crippen molar-refractivity contribution in [3.63, 3.8) is 0 Å². The van der Waals surface area contributed by atoms with E-state index in [1.807, 2.05) is 38.2 Å². The quantitative estimate of drug-likeness (QED) is 0.612. The van der Waals surface area contributed by atoms with Gasteiger partial charge in [0.2, 0.25) is 8.00 Å². The van der Waals surface area contributed by atoms with Gasteiger partial charge in [-0.2, -0.15) is 4.52 Å². The zero-order valence-electron chi connectivity index (χ0n) is 7.36. The number of allylic oxidation sites excluding steroid dienone is 4. The minimum absolute atomic E-state index is 0.0282. The summed E-state index contributed by atoms with van der Waals surface area (Å²) < 4.78 is 5.18. The van der Waals surface area contributed by atoms with Gasteiger partial charge in [0.15, 0.2) is 5.29 Å². The van der Waals surface area contributed by atoms with Crippen LogP contribution in [0.4, 0.5) is 0 Å². The predicted molar refractivity (Wildman–Crippen MR) is 51.0 cm³/mol. The lowest BCUT2D eigenvalue weighted by atomic mass is 10.2. The van der Waals surface area contributed by atoms with E-state index >= 15 is 0 Å². The van der Waals surface area contributed by atoms with Crippen molar-refractivity contribution in [2.45, 2.75) is 26.4 Å². The zero-order valence-corrected chi connectivity index (χ0v) is 8.25. The van der Waals surface area contributed by atoms with Gasteiger partial charge in [-0.15, -0.1) is 0 Å². The molecule has 1 unspecified atom stereocenters. The zero-order chi connectivity index (χ0) is 8.97. The van der Waals surface area contributed by atoms with E-state index in [9.17, 15) is 4.89 Å². The molecule has 12 heavy (non-hydrogen) atoms. The summed E-state index contributed by atoms with van der Waals surface area (Å²) in [5.41, 5.74) is 0. The van der Waals surface area contributed by atoms with Crippen LogP contribution in [0, 0.1) is 0 Å². The molecule has 1 aliphatic carbocycles. The fourth-order valence-corrected chi connectivity index (χ4v) is 1.88. The molecule has 0 N–H and O–H groups in total. The van der Waals surface area contributed by atoms with Crippen molar-refractivity contribution in [1.82, 2.24) is 0 Å². The summed E-state index contributed by atoms with van der Waals surface area (Å²) in [6.07, 6.45) is 8.45. The highest BCUT2D eigenvalue weighted by Gasteiger charge is 2.10. The number of hydrogen-bond donors (Lipinski definition) is 0. The maximum Gasteiger partial charge on any atom is 0.225 e. The first-order valence-corrected chi connectivity index (χ1v) is 5.21. The summed E-state index contributed by atoms with van der Waals surface area (Å²) in [6.45, 7) is 3.77. The third kappa shape index (κ3) is 2.90. The summed E-state index contributed by atoms with van der Waals surface area (Å²) in [4.78, 5) is 11.4. The standard InChI is InChI=1S/C9H13O2P/c1-8(2)11-12(10)9-6-4-3-5-7-9/h3-6,8H,7H2,1-2H3. The van der Waals surface area contributed by atoms with E-state index in [4.69, 9.17) is 4.52 Å². The Hall–Kier alpha value is -0.430. The number of rotatable bonds is 2. The van der Waals surface area contributed by atoms with Gasteiger partial charge in [-0.25, -0.2) is 0 Å². The maximum atomic E-state index is 11.4. The summed E-state index contributed by atoms with van der Waals surface area (Å²) in [7, 11) is -1.61. The second kappa shape index (κ2) is 4.56. The van der Waals surface area contributed by atoms with E-state index in [-0.39, 0.29) is 6.10 Å². The molecular formula is C9H13O2P. The molecule has 66 valence electrons. The lowest BCUT2D eigenvalue weighted by Gasteiger charge is -2.05. The van der Waals surface area contributed by atoms with E-state index in [0.29, 0.717) is 0 Å². The van der Waals surface area contributed by atoms with Crippen molar-refractivity contribution in [2.75, 3.05) is 0 Å². The maximum absolute atomic E-state index is 11.4. The van der Waals surface area contributed by atoms with E-state index in [1.54, 1.807) is 0 Å². The second-order valence-corrected chi connectivity index (χ2v) is 4.19. The van der Waals surface area contributed by atoms with Gasteiger partial charge in [-0.05, 0) is 19.9 Å². The van der Waals surface area contributed by atoms with Crippen LogP contribution >= 0.6 is 8.00 Å². The van der Waals surface area contributed by atoms with Gasteiger partial charge in [0.1, 0.15) is 6.10 Å². The lowest BCUT2D eigenvalue weighted by Crippen LogP contribution is -2.07. The largest absolute Gasteiger partial charge is 0.603 e. The molecule has 3 heteroatoms. The van der Waals surface area contributed by atoms with Crippen LogP contribution in [0.5, 0.6) is 0 Å². The first kappa shape index (κ1) is 9.66. The van der Waals surface area contributed by atoms with Gasteiger partial charge < -0.3 is 4.89 Å². The molecule has 1 atom stereocenters. The summed E-state index contributed by atoms with van der Waals surface area (Å²) in [5.74, 6) is 0. The first-order chi connectivity index (χ1) is 5.70. The molecule has 0 amide bonds. The Bertz CT molecular complexity index is 239. The Kier molecular flexibility index (Phi) is 3.67. The van der Waals surface area contributed by atoms with E-state index in [1.165, 1.54) is 0 Å². The molecule has 0 bridgehead atoms. The Morgan fingerprint density at radius 3 is 2.75 bits per heavy atom. The van der Waals surface area contributed by atoms with Crippen molar-refractivity contribution < 1.29 is 9.42 Å². The van der Waals surface area contributed by atoms with E-state index in [2.05, 4.69) is 0 Å². The van der Waals surface area contributed by atoms with Crippen LogP contribution in [0.15, 0.2) is 24.3 Å². The summed E-state index contributed by atoms with van der Waals surface area (Å²) in [5, 5.41) is 0.876. The molecule has 0 fully saturated rings. The molecule has 2 nitrogen and oxygen atoms in total. The van der Waals surface area contributed by atoms with Crippen LogP contribution in [0.2, 0.25) is 0 Å². The molecule has 0 radical (unpaired) electrons. The summed E-state index contributed by atoms with van der Waals surface area (Å²) in [6, 6.07) is 0. The monoisotopic (exact) mass is 184 g/mol. The highest BCUT2D eigenvalue weighted by molar-refractivity contribution is 7.47. The number of hydrogen-bond acceptors (Lipinski definition) is 2. The molecule has 0 heterocycles. The van der Waals surface area contributed by atoms with Crippen LogP contribution < -0.4 is 4.89 Å². The second-order valence-electron chi connectivity index (χ2n) is 2.89.